The summed E-state index contributed by atoms with van der Waals surface area (Å²) in [6, 6.07) is -0.199. The Morgan fingerprint density at radius 2 is 1.75 bits per heavy atom. The van der Waals surface area contributed by atoms with Gasteiger partial charge in [-0.05, 0) is 12.8 Å². The molecule has 2 atom stereocenters. The quantitative estimate of drug-likeness (QED) is 0.621. The van der Waals surface area contributed by atoms with Crippen LogP contribution in [0.15, 0.2) is 0 Å². The summed E-state index contributed by atoms with van der Waals surface area (Å²) < 4.78 is 10.1. The lowest BCUT2D eigenvalue weighted by Crippen LogP contribution is -2.47. The van der Waals surface area contributed by atoms with Crippen LogP contribution in [-0.2, 0) is 14.3 Å². The van der Waals surface area contributed by atoms with Gasteiger partial charge in [0, 0.05) is 20.8 Å². The van der Waals surface area contributed by atoms with Crippen LogP contribution < -0.4 is 11.1 Å². The molecule has 0 fully saturated rings. The standard InChI is InChI=1S/C11H24N2O3/c1-7(2)9(6-12)10(14)13-8(3)11(15-4)16-5/h7-9,11H,6,12H2,1-5H3,(H,13,14). The number of carbonyl (C=O) groups excluding carboxylic acids is 1. The number of ether oxygens (including phenoxy) is 2. The second-order valence-electron chi connectivity index (χ2n) is 4.22. The molecule has 0 aliphatic heterocycles. The van der Waals surface area contributed by atoms with Gasteiger partial charge in [-0.2, -0.15) is 0 Å². The number of methoxy groups -OCH3 is 2. The summed E-state index contributed by atoms with van der Waals surface area (Å²) in [4.78, 5) is 11.9. The van der Waals surface area contributed by atoms with Crippen molar-refractivity contribution in [1.82, 2.24) is 5.32 Å². The summed E-state index contributed by atoms with van der Waals surface area (Å²) in [5.41, 5.74) is 5.57. The third-order valence-corrected chi connectivity index (χ3v) is 2.64. The highest BCUT2D eigenvalue weighted by molar-refractivity contribution is 5.79. The highest BCUT2D eigenvalue weighted by Gasteiger charge is 2.24. The first-order valence-electron chi connectivity index (χ1n) is 5.53. The lowest BCUT2D eigenvalue weighted by molar-refractivity contribution is -0.139. The molecule has 0 saturated heterocycles. The molecule has 5 nitrogen and oxygen atoms in total. The van der Waals surface area contributed by atoms with E-state index >= 15 is 0 Å². The fourth-order valence-electron chi connectivity index (χ4n) is 1.59. The molecule has 0 aliphatic rings. The van der Waals surface area contributed by atoms with Crippen molar-refractivity contribution in [3.05, 3.63) is 0 Å². The van der Waals surface area contributed by atoms with Crippen molar-refractivity contribution in [2.75, 3.05) is 20.8 Å². The van der Waals surface area contributed by atoms with E-state index < -0.39 is 6.29 Å². The number of hydrogen-bond donors (Lipinski definition) is 2. The average molecular weight is 232 g/mol. The van der Waals surface area contributed by atoms with Crippen molar-refractivity contribution in [1.29, 1.82) is 0 Å². The van der Waals surface area contributed by atoms with E-state index in [0.29, 0.717) is 6.54 Å². The van der Waals surface area contributed by atoms with E-state index in [1.54, 1.807) is 14.2 Å². The predicted octanol–water partition coefficient (Wildman–Crippen LogP) is 0.341. The van der Waals surface area contributed by atoms with Gasteiger partial charge in [0.1, 0.15) is 0 Å². The van der Waals surface area contributed by atoms with Gasteiger partial charge < -0.3 is 20.5 Å². The number of nitrogens with two attached hydrogens (primary N) is 1. The molecular weight excluding hydrogens is 208 g/mol. The van der Waals surface area contributed by atoms with E-state index in [2.05, 4.69) is 5.32 Å². The molecule has 0 aromatic rings. The zero-order chi connectivity index (χ0) is 12.7. The smallest absolute Gasteiger partial charge is 0.225 e. The summed E-state index contributed by atoms with van der Waals surface area (Å²) in [6.45, 7) is 6.14. The Labute approximate surface area is 97.7 Å². The third kappa shape index (κ3) is 4.47. The number of rotatable bonds is 7. The number of carbonyl (C=O) groups is 1. The van der Waals surface area contributed by atoms with Crippen LogP contribution in [-0.4, -0.2) is 39.0 Å². The Morgan fingerprint density at radius 1 is 1.25 bits per heavy atom. The Hall–Kier alpha value is -0.650. The van der Waals surface area contributed by atoms with Gasteiger partial charge in [0.2, 0.25) is 5.91 Å². The highest BCUT2D eigenvalue weighted by atomic mass is 16.7. The molecule has 1 amide bonds. The lowest BCUT2D eigenvalue weighted by Gasteiger charge is -2.25. The zero-order valence-corrected chi connectivity index (χ0v) is 10.8. The molecule has 0 aromatic carbocycles. The van der Waals surface area contributed by atoms with Crippen LogP contribution in [0.1, 0.15) is 20.8 Å². The lowest BCUT2D eigenvalue weighted by atomic mass is 9.95. The van der Waals surface area contributed by atoms with Gasteiger partial charge in [-0.3, -0.25) is 4.79 Å². The maximum Gasteiger partial charge on any atom is 0.225 e. The van der Waals surface area contributed by atoms with Crippen molar-refractivity contribution in [2.24, 2.45) is 17.6 Å². The van der Waals surface area contributed by atoms with E-state index in [1.165, 1.54) is 0 Å². The maximum absolute atomic E-state index is 11.9. The molecule has 96 valence electrons. The minimum atomic E-state index is -0.436. The Morgan fingerprint density at radius 3 is 2.06 bits per heavy atom. The van der Waals surface area contributed by atoms with Crippen molar-refractivity contribution in [3.63, 3.8) is 0 Å². The molecule has 0 aromatic heterocycles. The second kappa shape index (κ2) is 7.60. The van der Waals surface area contributed by atoms with Crippen LogP contribution in [0.4, 0.5) is 0 Å². The summed E-state index contributed by atoms with van der Waals surface area (Å²) in [5.74, 6) is 0.00153. The molecule has 0 radical (unpaired) electrons. The van der Waals surface area contributed by atoms with E-state index in [0.717, 1.165) is 0 Å². The largest absolute Gasteiger partial charge is 0.354 e. The summed E-state index contributed by atoms with van der Waals surface area (Å²) in [6.07, 6.45) is -0.436. The summed E-state index contributed by atoms with van der Waals surface area (Å²) in [7, 11) is 3.08. The van der Waals surface area contributed by atoms with Gasteiger partial charge in [-0.15, -0.1) is 0 Å². The van der Waals surface area contributed by atoms with Crippen LogP contribution >= 0.6 is 0 Å². The van der Waals surface area contributed by atoms with E-state index in [4.69, 9.17) is 15.2 Å². The number of hydrogen-bond acceptors (Lipinski definition) is 4. The Kier molecular flexibility index (Phi) is 7.29. The van der Waals surface area contributed by atoms with Gasteiger partial charge in [-0.1, -0.05) is 13.8 Å². The normalized spacial score (nSPS) is 15.2. The monoisotopic (exact) mass is 232 g/mol. The third-order valence-electron chi connectivity index (χ3n) is 2.64. The topological polar surface area (TPSA) is 73.6 Å². The molecule has 0 rings (SSSR count). The molecule has 0 saturated carbocycles. The fourth-order valence-corrected chi connectivity index (χ4v) is 1.59. The van der Waals surface area contributed by atoms with Crippen molar-refractivity contribution < 1.29 is 14.3 Å². The van der Waals surface area contributed by atoms with Crippen LogP contribution in [0.5, 0.6) is 0 Å². The molecule has 5 heteroatoms. The van der Waals surface area contributed by atoms with Gasteiger partial charge in [0.05, 0.1) is 12.0 Å². The van der Waals surface area contributed by atoms with Crippen molar-refractivity contribution >= 4 is 5.91 Å². The summed E-state index contributed by atoms with van der Waals surface area (Å²) in [5, 5.41) is 2.85. The van der Waals surface area contributed by atoms with Gasteiger partial charge in [0.25, 0.3) is 0 Å². The van der Waals surface area contributed by atoms with Crippen LogP contribution in [0.25, 0.3) is 0 Å². The van der Waals surface area contributed by atoms with Gasteiger partial charge >= 0.3 is 0 Å². The first-order chi connectivity index (χ1) is 7.47. The number of amides is 1. The van der Waals surface area contributed by atoms with E-state index in [-0.39, 0.29) is 23.8 Å². The average Bonchev–Trinajstić information content (AvgIpc) is 2.19. The first-order valence-corrected chi connectivity index (χ1v) is 5.53. The van der Waals surface area contributed by atoms with Crippen molar-refractivity contribution in [2.45, 2.75) is 33.1 Å². The molecule has 0 bridgehead atoms. The minimum Gasteiger partial charge on any atom is -0.354 e. The molecule has 0 spiro atoms. The molecule has 0 heterocycles. The molecular formula is C11H24N2O3. The predicted molar refractivity (Wildman–Crippen MR) is 62.8 cm³/mol. The minimum absolute atomic E-state index is 0.0518. The van der Waals surface area contributed by atoms with Crippen LogP contribution in [0.2, 0.25) is 0 Å². The van der Waals surface area contributed by atoms with Crippen LogP contribution in [0.3, 0.4) is 0 Å². The molecule has 16 heavy (non-hydrogen) atoms. The van der Waals surface area contributed by atoms with Gasteiger partial charge in [0.15, 0.2) is 6.29 Å². The Balaban J connectivity index is 4.31. The van der Waals surface area contributed by atoms with Crippen LogP contribution in [0, 0.1) is 11.8 Å². The van der Waals surface area contributed by atoms with Gasteiger partial charge in [-0.25, -0.2) is 0 Å². The molecule has 3 N–H and O–H groups in total. The summed E-state index contributed by atoms with van der Waals surface area (Å²) >= 11 is 0. The second-order valence-corrected chi connectivity index (χ2v) is 4.22. The van der Waals surface area contributed by atoms with E-state index in [1.807, 2.05) is 20.8 Å². The molecule has 2 unspecified atom stereocenters. The Bertz CT molecular complexity index is 205. The first kappa shape index (κ1) is 15.3. The number of nitrogens with one attached hydrogen (secondary N) is 1. The fraction of sp³-hybridized carbons (Fsp3) is 0.909. The zero-order valence-electron chi connectivity index (χ0n) is 10.8. The highest BCUT2D eigenvalue weighted by Crippen LogP contribution is 2.10. The molecule has 0 aliphatic carbocycles. The van der Waals surface area contributed by atoms with Crippen molar-refractivity contribution in [3.8, 4) is 0 Å². The maximum atomic E-state index is 11.9. The SMILES string of the molecule is COC(OC)C(C)NC(=O)C(CN)C(C)C. The van der Waals surface area contributed by atoms with E-state index in [9.17, 15) is 4.79 Å².